The number of thioether (sulfide) groups is 2. The van der Waals surface area contributed by atoms with Crippen LogP contribution in [0.1, 0.15) is 61.3 Å². The Kier molecular flexibility index (Phi) is 16.9. The molecular weight excluding hydrogens is 360 g/mol. The van der Waals surface area contributed by atoms with Crippen molar-refractivity contribution in [3.8, 4) is 0 Å². The minimum atomic E-state index is 0.311. The lowest BCUT2D eigenvalue weighted by molar-refractivity contribution is 0.0594. The Morgan fingerprint density at radius 2 is 1.38 bits per heavy atom. The van der Waals surface area contributed by atoms with E-state index in [-0.39, 0.29) is 0 Å². The Hall–Kier alpha value is 0.580. The van der Waals surface area contributed by atoms with Crippen molar-refractivity contribution in [1.82, 2.24) is 9.80 Å². The van der Waals surface area contributed by atoms with Gasteiger partial charge in [0, 0.05) is 35.9 Å². The standard InChI is InChI=1S/C21H46N2OS2/c1-8-22(9-2)14-18-25-17-12-20(5)24-16-13-21(6,7)26-19-15-23(10-3)11-4/h20H,8-19H2,1-7H3. The first-order valence-corrected chi connectivity index (χ1v) is 12.8. The molecule has 0 saturated carbocycles. The van der Waals surface area contributed by atoms with Crippen molar-refractivity contribution in [2.24, 2.45) is 0 Å². The van der Waals surface area contributed by atoms with Gasteiger partial charge in [0.25, 0.3) is 0 Å². The summed E-state index contributed by atoms with van der Waals surface area (Å²) in [6.45, 7) is 23.9. The Morgan fingerprint density at radius 1 is 0.846 bits per heavy atom. The number of nitrogens with zero attached hydrogens (tertiary/aromatic N) is 2. The summed E-state index contributed by atoms with van der Waals surface area (Å²) >= 11 is 4.16. The van der Waals surface area contributed by atoms with Crippen LogP contribution in [0.2, 0.25) is 0 Å². The maximum atomic E-state index is 6.07. The van der Waals surface area contributed by atoms with Gasteiger partial charge in [0.2, 0.25) is 0 Å². The molecule has 0 saturated heterocycles. The van der Waals surface area contributed by atoms with Gasteiger partial charge in [-0.25, -0.2) is 0 Å². The smallest absolute Gasteiger partial charge is 0.0554 e. The van der Waals surface area contributed by atoms with Gasteiger partial charge in [-0.3, -0.25) is 0 Å². The Bertz CT molecular complexity index is 308. The van der Waals surface area contributed by atoms with Gasteiger partial charge < -0.3 is 14.5 Å². The predicted octanol–water partition coefficient (Wildman–Crippen LogP) is 5.10. The fourth-order valence-corrected chi connectivity index (χ4v) is 4.96. The van der Waals surface area contributed by atoms with Crippen molar-refractivity contribution in [2.45, 2.75) is 72.2 Å². The fraction of sp³-hybridized carbons (Fsp3) is 1.00. The van der Waals surface area contributed by atoms with Gasteiger partial charge in [-0.1, -0.05) is 41.5 Å². The number of rotatable bonds is 18. The molecule has 0 rings (SSSR count). The van der Waals surface area contributed by atoms with Gasteiger partial charge in [0.15, 0.2) is 0 Å². The number of hydrogen-bond acceptors (Lipinski definition) is 5. The van der Waals surface area contributed by atoms with Crippen molar-refractivity contribution < 1.29 is 4.74 Å². The minimum absolute atomic E-state index is 0.311. The zero-order chi connectivity index (χ0) is 19.8. The summed E-state index contributed by atoms with van der Waals surface area (Å²) in [4.78, 5) is 4.99. The molecule has 5 heteroatoms. The lowest BCUT2D eigenvalue weighted by atomic mass is 10.1. The second kappa shape index (κ2) is 16.5. The highest BCUT2D eigenvalue weighted by Crippen LogP contribution is 2.28. The first kappa shape index (κ1) is 26.6. The zero-order valence-electron chi connectivity index (χ0n) is 18.7. The van der Waals surface area contributed by atoms with E-state index < -0.39 is 0 Å². The highest BCUT2D eigenvalue weighted by atomic mass is 32.2. The van der Waals surface area contributed by atoms with Crippen LogP contribution in [0.25, 0.3) is 0 Å². The highest BCUT2D eigenvalue weighted by molar-refractivity contribution is 8.00. The summed E-state index contributed by atoms with van der Waals surface area (Å²) < 4.78 is 6.38. The van der Waals surface area contributed by atoms with Crippen LogP contribution < -0.4 is 0 Å². The van der Waals surface area contributed by atoms with Gasteiger partial charge in [-0.2, -0.15) is 23.5 Å². The molecule has 3 nitrogen and oxygen atoms in total. The first-order valence-electron chi connectivity index (χ1n) is 10.7. The third-order valence-electron chi connectivity index (χ3n) is 5.02. The SMILES string of the molecule is CCN(CC)CCSCCC(C)OCCC(C)(C)SCCN(CC)CC. The molecule has 0 aromatic rings. The van der Waals surface area contributed by atoms with E-state index in [1.54, 1.807) is 0 Å². The molecule has 0 aliphatic carbocycles. The molecule has 0 bridgehead atoms. The average molecular weight is 407 g/mol. The quantitative estimate of drug-likeness (QED) is 0.293. The third kappa shape index (κ3) is 14.6. The summed E-state index contributed by atoms with van der Waals surface area (Å²) in [5.41, 5.74) is 0. The fourth-order valence-electron chi connectivity index (χ4n) is 2.74. The van der Waals surface area contributed by atoms with Gasteiger partial charge in [-0.15, -0.1) is 0 Å². The van der Waals surface area contributed by atoms with E-state index in [0.29, 0.717) is 10.9 Å². The van der Waals surface area contributed by atoms with Crippen LogP contribution in [0.3, 0.4) is 0 Å². The molecule has 1 atom stereocenters. The van der Waals surface area contributed by atoms with Crippen LogP contribution in [0.4, 0.5) is 0 Å². The van der Waals surface area contributed by atoms with E-state index in [0.717, 1.165) is 26.1 Å². The van der Waals surface area contributed by atoms with E-state index in [1.165, 1.54) is 49.9 Å². The van der Waals surface area contributed by atoms with Crippen molar-refractivity contribution >= 4 is 23.5 Å². The normalized spacial score (nSPS) is 13.7. The topological polar surface area (TPSA) is 15.7 Å². The molecule has 26 heavy (non-hydrogen) atoms. The predicted molar refractivity (Wildman–Crippen MR) is 124 cm³/mol. The van der Waals surface area contributed by atoms with Crippen molar-refractivity contribution in [2.75, 3.05) is 63.1 Å². The molecule has 158 valence electrons. The summed E-state index contributed by atoms with van der Waals surface area (Å²) in [6.07, 6.45) is 2.68. The molecule has 0 heterocycles. The molecule has 0 aliphatic heterocycles. The lowest BCUT2D eigenvalue weighted by Crippen LogP contribution is -2.28. The Morgan fingerprint density at radius 3 is 1.92 bits per heavy atom. The first-order chi connectivity index (χ1) is 12.4. The molecule has 0 aliphatic rings. The third-order valence-corrected chi connectivity index (χ3v) is 7.38. The van der Waals surface area contributed by atoms with E-state index in [2.05, 4.69) is 81.8 Å². The van der Waals surface area contributed by atoms with Crippen LogP contribution in [0.15, 0.2) is 0 Å². The lowest BCUT2D eigenvalue weighted by Gasteiger charge is -2.26. The van der Waals surface area contributed by atoms with Crippen LogP contribution in [0.5, 0.6) is 0 Å². The summed E-state index contributed by atoms with van der Waals surface area (Å²) in [6, 6.07) is 0. The van der Waals surface area contributed by atoms with Crippen LogP contribution >= 0.6 is 23.5 Å². The average Bonchev–Trinajstić information content (AvgIpc) is 2.61. The Labute approximate surface area is 173 Å². The maximum Gasteiger partial charge on any atom is 0.0554 e. The molecule has 0 aromatic carbocycles. The molecule has 0 radical (unpaired) electrons. The van der Waals surface area contributed by atoms with Gasteiger partial charge >= 0.3 is 0 Å². The molecular formula is C21H46N2OS2. The largest absolute Gasteiger partial charge is 0.378 e. The van der Waals surface area contributed by atoms with E-state index in [4.69, 9.17) is 4.74 Å². The summed E-state index contributed by atoms with van der Waals surface area (Å²) in [7, 11) is 0. The van der Waals surface area contributed by atoms with Crippen LogP contribution in [-0.2, 0) is 4.74 Å². The van der Waals surface area contributed by atoms with Crippen molar-refractivity contribution in [1.29, 1.82) is 0 Å². The van der Waals surface area contributed by atoms with Gasteiger partial charge in [0.1, 0.15) is 0 Å². The number of ether oxygens (including phenoxy) is 1. The van der Waals surface area contributed by atoms with Crippen molar-refractivity contribution in [3.05, 3.63) is 0 Å². The second-order valence-electron chi connectivity index (χ2n) is 7.49. The highest BCUT2D eigenvalue weighted by Gasteiger charge is 2.19. The molecule has 0 N–H and O–H groups in total. The summed E-state index contributed by atoms with van der Waals surface area (Å²) in [5, 5.41) is 0. The molecule has 0 fully saturated rings. The minimum Gasteiger partial charge on any atom is -0.378 e. The zero-order valence-corrected chi connectivity index (χ0v) is 20.3. The molecule has 0 aromatic heterocycles. The molecule has 1 unspecified atom stereocenters. The second-order valence-corrected chi connectivity index (χ2v) is 10.5. The van der Waals surface area contributed by atoms with E-state index in [9.17, 15) is 0 Å². The number of hydrogen-bond donors (Lipinski definition) is 0. The molecule has 0 amide bonds. The Balaban J connectivity index is 3.70. The monoisotopic (exact) mass is 406 g/mol. The summed E-state index contributed by atoms with van der Waals surface area (Å²) in [5.74, 6) is 3.67. The van der Waals surface area contributed by atoms with Crippen LogP contribution in [-0.4, -0.2) is 83.8 Å². The van der Waals surface area contributed by atoms with E-state index in [1.807, 2.05) is 0 Å². The van der Waals surface area contributed by atoms with E-state index >= 15 is 0 Å². The van der Waals surface area contributed by atoms with Gasteiger partial charge in [0.05, 0.1) is 6.10 Å². The van der Waals surface area contributed by atoms with Crippen molar-refractivity contribution in [3.63, 3.8) is 0 Å². The van der Waals surface area contributed by atoms with Gasteiger partial charge in [-0.05, 0) is 51.7 Å². The van der Waals surface area contributed by atoms with Crippen LogP contribution in [0, 0.1) is 0 Å². The maximum absolute atomic E-state index is 6.07. The molecule has 0 spiro atoms.